The first kappa shape index (κ1) is 26.3. The van der Waals surface area contributed by atoms with Gasteiger partial charge in [-0.05, 0) is 54.0 Å². The van der Waals surface area contributed by atoms with E-state index in [0.29, 0.717) is 0 Å². The summed E-state index contributed by atoms with van der Waals surface area (Å²) in [6, 6.07) is 10.4. The fourth-order valence-electron chi connectivity index (χ4n) is 4.63. The predicted molar refractivity (Wildman–Crippen MR) is 124 cm³/mol. The van der Waals surface area contributed by atoms with Gasteiger partial charge in [0, 0.05) is 38.4 Å². The summed E-state index contributed by atoms with van der Waals surface area (Å²) in [6.07, 6.45) is -7.19. The van der Waals surface area contributed by atoms with Crippen LogP contribution in [-0.4, -0.2) is 48.1 Å². The first-order valence-electron chi connectivity index (χ1n) is 12.1. The molecule has 10 heteroatoms. The molecule has 36 heavy (non-hydrogen) atoms. The number of carbonyl (C=O) groups excluding carboxylic acids is 1. The lowest BCUT2D eigenvalue weighted by molar-refractivity contribution is -0.147. The summed E-state index contributed by atoms with van der Waals surface area (Å²) >= 11 is 0. The summed E-state index contributed by atoms with van der Waals surface area (Å²) in [5.74, 6) is 0.0793. The monoisotopic (exact) mass is 513 g/mol. The maximum Gasteiger partial charge on any atom is 0.416 e. The molecule has 0 spiro atoms. The lowest BCUT2D eigenvalue weighted by Gasteiger charge is -2.30. The van der Waals surface area contributed by atoms with Gasteiger partial charge in [0.2, 0.25) is 5.91 Å². The third-order valence-electron chi connectivity index (χ3n) is 6.69. The Bertz CT molecular complexity index is 1060. The zero-order chi connectivity index (χ0) is 25.9. The van der Waals surface area contributed by atoms with Crippen LogP contribution in [0.15, 0.2) is 42.5 Å². The minimum absolute atomic E-state index is 0.242. The Kier molecular flexibility index (Phi) is 7.82. The molecule has 0 unspecified atom stereocenters. The number of hydrogen-bond donors (Lipinski definition) is 1. The fraction of sp³-hybridized carbons (Fsp3) is 0.500. The van der Waals surface area contributed by atoms with Crippen molar-refractivity contribution in [3.63, 3.8) is 0 Å². The number of amides is 1. The van der Waals surface area contributed by atoms with Crippen molar-refractivity contribution in [1.82, 2.24) is 9.80 Å². The van der Waals surface area contributed by atoms with Gasteiger partial charge in [0.1, 0.15) is 0 Å². The number of alkyl halides is 6. The van der Waals surface area contributed by atoms with Crippen LogP contribution in [0, 0.1) is 5.92 Å². The van der Waals surface area contributed by atoms with E-state index in [2.05, 4.69) is 10.2 Å². The molecule has 1 fully saturated rings. The van der Waals surface area contributed by atoms with Crippen LogP contribution in [0.3, 0.4) is 0 Å². The number of benzene rings is 2. The summed E-state index contributed by atoms with van der Waals surface area (Å²) in [7, 11) is 0. The van der Waals surface area contributed by atoms with Crippen molar-refractivity contribution < 1.29 is 31.1 Å². The number of rotatable bonds is 9. The van der Waals surface area contributed by atoms with E-state index in [9.17, 15) is 31.1 Å². The summed E-state index contributed by atoms with van der Waals surface area (Å²) in [5, 5.41) is 3.04. The Labute approximate surface area is 206 Å². The van der Waals surface area contributed by atoms with Crippen LogP contribution in [0.2, 0.25) is 0 Å². The van der Waals surface area contributed by atoms with Crippen LogP contribution in [0.4, 0.5) is 32.0 Å². The first-order chi connectivity index (χ1) is 17.0. The summed E-state index contributed by atoms with van der Waals surface area (Å²) in [4.78, 5) is 16.2. The fourth-order valence-corrected chi connectivity index (χ4v) is 4.63. The highest BCUT2D eigenvalue weighted by atomic mass is 19.4. The summed E-state index contributed by atoms with van der Waals surface area (Å²) in [6.45, 7) is 1.18. The van der Waals surface area contributed by atoms with Crippen molar-refractivity contribution in [2.24, 2.45) is 5.92 Å². The van der Waals surface area contributed by atoms with Crippen LogP contribution < -0.4 is 5.32 Å². The molecule has 1 N–H and O–H groups in total. The minimum Gasteiger partial charge on any atom is -0.376 e. The van der Waals surface area contributed by atoms with Crippen molar-refractivity contribution in [1.29, 1.82) is 0 Å². The van der Waals surface area contributed by atoms with Crippen molar-refractivity contribution >= 4 is 11.6 Å². The van der Waals surface area contributed by atoms with Crippen molar-refractivity contribution in [3.05, 3.63) is 64.7 Å². The quantitative estimate of drug-likeness (QED) is 0.427. The highest BCUT2D eigenvalue weighted by Gasteiger charge is 2.35. The number of hydrogen-bond acceptors (Lipinski definition) is 3. The molecule has 2 aliphatic rings. The Morgan fingerprint density at radius 1 is 1.03 bits per heavy atom. The van der Waals surface area contributed by atoms with E-state index in [4.69, 9.17) is 0 Å². The zero-order valence-electron chi connectivity index (χ0n) is 19.8. The second-order valence-corrected chi connectivity index (χ2v) is 9.56. The average Bonchev–Trinajstić information content (AvgIpc) is 3.63. The van der Waals surface area contributed by atoms with Crippen LogP contribution in [0.25, 0.3) is 0 Å². The molecule has 196 valence electrons. The van der Waals surface area contributed by atoms with Gasteiger partial charge in [-0.25, -0.2) is 0 Å². The molecule has 0 aromatic heterocycles. The average molecular weight is 514 g/mol. The molecule has 2 aromatic rings. The largest absolute Gasteiger partial charge is 0.416 e. The first-order valence-corrected chi connectivity index (χ1v) is 12.1. The summed E-state index contributed by atoms with van der Waals surface area (Å²) in [5.41, 5.74) is 1.75. The lowest BCUT2D eigenvalue weighted by Crippen LogP contribution is -2.38. The Morgan fingerprint density at radius 2 is 1.78 bits per heavy atom. The molecule has 0 atom stereocenters. The van der Waals surface area contributed by atoms with Gasteiger partial charge in [-0.3, -0.25) is 9.69 Å². The van der Waals surface area contributed by atoms with E-state index < -0.39 is 43.3 Å². The second kappa shape index (κ2) is 10.7. The molecule has 1 heterocycles. The van der Waals surface area contributed by atoms with Crippen LogP contribution in [0.1, 0.15) is 41.5 Å². The lowest BCUT2D eigenvalue weighted by atomic mass is 9.97. The molecule has 4 nitrogen and oxygen atoms in total. The van der Waals surface area contributed by atoms with Gasteiger partial charge >= 0.3 is 12.4 Å². The highest BCUT2D eigenvalue weighted by molar-refractivity contribution is 5.81. The van der Waals surface area contributed by atoms with E-state index in [-0.39, 0.29) is 12.1 Å². The summed E-state index contributed by atoms with van der Waals surface area (Å²) < 4.78 is 78.9. The SMILES string of the molecule is O=C(CNc1cccc2c1CCN(CC1CC1)C2)N(CCC(F)(F)F)Cc1ccccc1C(F)(F)F. The van der Waals surface area contributed by atoms with Crippen molar-refractivity contribution in [2.45, 2.75) is 51.1 Å². The van der Waals surface area contributed by atoms with E-state index >= 15 is 0 Å². The standard InChI is InChI=1S/C26H29F6N3O/c27-25(28,29)11-13-35(17-20-4-1-2-6-22(20)26(30,31)32)24(36)14-33-23-7-3-5-19-16-34(12-10-21(19)23)15-18-8-9-18/h1-7,18,33H,8-17H2. The van der Waals surface area contributed by atoms with Gasteiger partial charge in [-0.2, -0.15) is 26.3 Å². The van der Waals surface area contributed by atoms with Gasteiger partial charge < -0.3 is 10.2 Å². The maximum atomic E-state index is 13.4. The van der Waals surface area contributed by atoms with E-state index in [1.807, 2.05) is 18.2 Å². The van der Waals surface area contributed by atoms with Crippen LogP contribution in [0.5, 0.6) is 0 Å². The van der Waals surface area contributed by atoms with Gasteiger partial charge in [-0.1, -0.05) is 30.3 Å². The van der Waals surface area contributed by atoms with Gasteiger partial charge in [0.15, 0.2) is 0 Å². The predicted octanol–water partition coefficient (Wildman–Crippen LogP) is 5.87. The highest BCUT2D eigenvalue weighted by Crippen LogP contribution is 2.34. The van der Waals surface area contributed by atoms with Gasteiger partial charge in [0.25, 0.3) is 0 Å². The Morgan fingerprint density at radius 3 is 2.47 bits per heavy atom. The molecule has 1 aliphatic heterocycles. The minimum atomic E-state index is -4.68. The van der Waals surface area contributed by atoms with E-state index in [1.54, 1.807) is 0 Å². The van der Waals surface area contributed by atoms with E-state index in [1.165, 1.54) is 31.0 Å². The Balaban J connectivity index is 1.45. The zero-order valence-corrected chi connectivity index (χ0v) is 19.8. The Hall–Kier alpha value is -2.75. The second-order valence-electron chi connectivity index (χ2n) is 9.56. The molecule has 2 aromatic carbocycles. The van der Waals surface area contributed by atoms with Crippen molar-refractivity contribution in [2.75, 3.05) is 31.5 Å². The van der Waals surface area contributed by atoms with Crippen LogP contribution in [-0.2, 0) is 30.5 Å². The van der Waals surface area contributed by atoms with Gasteiger partial charge in [-0.15, -0.1) is 0 Å². The molecular formula is C26H29F6N3O. The van der Waals surface area contributed by atoms with Crippen LogP contribution >= 0.6 is 0 Å². The molecule has 1 saturated carbocycles. The molecular weight excluding hydrogens is 484 g/mol. The number of halogens is 6. The molecule has 1 aliphatic carbocycles. The number of carbonyl (C=O) groups is 1. The third kappa shape index (κ3) is 7.15. The molecule has 0 radical (unpaired) electrons. The third-order valence-corrected chi connectivity index (χ3v) is 6.69. The number of anilines is 1. The maximum absolute atomic E-state index is 13.4. The van der Waals surface area contributed by atoms with Gasteiger partial charge in [0.05, 0.1) is 18.5 Å². The molecule has 1 amide bonds. The number of fused-ring (bicyclic) bond motifs is 1. The van der Waals surface area contributed by atoms with Crippen molar-refractivity contribution in [3.8, 4) is 0 Å². The number of nitrogens with one attached hydrogen (secondary N) is 1. The normalized spacial score (nSPS) is 16.5. The topological polar surface area (TPSA) is 35.6 Å². The molecule has 0 saturated heterocycles. The molecule has 4 rings (SSSR count). The molecule has 0 bridgehead atoms. The smallest absolute Gasteiger partial charge is 0.376 e. The number of nitrogens with zero attached hydrogens (tertiary/aromatic N) is 2. The van der Waals surface area contributed by atoms with E-state index in [0.717, 1.165) is 59.8 Å².